The lowest BCUT2D eigenvalue weighted by molar-refractivity contribution is -0.119. The number of nitrogens with zero attached hydrogens (tertiary/aromatic N) is 6. The molecule has 0 saturated heterocycles. The average molecular weight is 560 g/mol. The number of halogens is 2. The molecule has 2 aliphatic heterocycles. The second-order valence-electron chi connectivity index (χ2n) is 9.79. The predicted octanol–water partition coefficient (Wildman–Crippen LogP) is 5.63. The molecule has 0 radical (unpaired) electrons. The standard InChI is InChI=1S/C28H23Cl2N7O2/c1-14(2)37-24-21(33-25(37)18-12-32-23(11-31)35-26(18)39-4)13-36(22-10-17(30)6-5-15(22)3)28(24)19-8-7-16(29)9-20(19)34-27(28)38/h5-10,12,14H,13H2,1-4H3,(H,34,38). The third kappa shape index (κ3) is 3.52. The number of hydrogen-bond acceptors (Lipinski definition) is 7. The van der Waals surface area contributed by atoms with Gasteiger partial charge in [-0.2, -0.15) is 10.2 Å². The molecule has 0 bridgehead atoms. The van der Waals surface area contributed by atoms with E-state index in [-0.39, 0.29) is 23.7 Å². The Labute approximate surface area is 235 Å². The van der Waals surface area contributed by atoms with Gasteiger partial charge in [0.2, 0.25) is 11.7 Å². The number of aromatic nitrogens is 4. The average Bonchev–Trinajstić information content (AvgIpc) is 3.53. The highest BCUT2D eigenvalue weighted by Crippen LogP contribution is 2.55. The molecular weight excluding hydrogens is 537 g/mol. The summed E-state index contributed by atoms with van der Waals surface area (Å²) in [6, 6.07) is 12.9. The van der Waals surface area contributed by atoms with Crippen LogP contribution in [0.3, 0.4) is 0 Å². The first-order valence-electron chi connectivity index (χ1n) is 12.3. The fraction of sp³-hybridized carbons (Fsp3) is 0.250. The monoisotopic (exact) mass is 559 g/mol. The van der Waals surface area contributed by atoms with E-state index in [4.69, 9.17) is 32.9 Å². The second kappa shape index (κ2) is 8.97. The van der Waals surface area contributed by atoms with Crippen LogP contribution in [-0.4, -0.2) is 32.5 Å². The molecule has 4 heterocycles. The fourth-order valence-electron chi connectivity index (χ4n) is 5.70. The number of ether oxygens (including phenoxy) is 1. The van der Waals surface area contributed by atoms with Crippen molar-refractivity contribution in [2.75, 3.05) is 17.3 Å². The molecule has 39 heavy (non-hydrogen) atoms. The molecule has 6 rings (SSSR count). The number of carbonyl (C=O) groups is 1. The third-order valence-corrected chi connectivity index (χ3v) is 7.72. The normalized spacial score (nSPS) is 17.4. The molecule has 1 atom stereocenters. The minimum absolute atomic E-state index is 0.00847. The number of nitriles is 1. The number of nitrogens with one attached hydrogen (secondary N) is 1. The first-order valence-corrected chi connectivity index (χ1v) is 13.0. The summed E-state index contributed by atoms with van der Waals surface area (Å²) < 4.78 is 7.56. The molecule has 196 valence electrons. The van der Waals surface area contributed by atoms with E-state index in [2.05, 4.69) is 20.2 Å². The Morgan fingerprint density at radius 2 is 1.90 bits per heavy atom. The second-order valence-corrected chi connectivity index (χ2v) is 10.7. The van der Waals surface area contributed by atoms with Crippen molar-refractivity contribution in [1.82, 2.24) is 19.5 Å². The van der Waals surface area contributed by atoms with Crippen molar-refractivity contribution in [2.24, 2.45) is 0 Å². The van der Waals surface area contributed by atoms with E-state index in [1.807, 2.05) is 55.7 Å². The molecule has 0 fully saturated rings. The molecule has 1 spiro atoms. The molecule has 1 unspecified atom stereocenters. The maximum Gasteiger partial charge on any atom is 0.261 e. The van der Waals surface area contributed by atoms with E-state index in [0.717, 1.165) is 28.2 Å². The van der Waals surface area contributed by atoms with Gasteiger partial charge >= 0.3 is 0 Å². The minimum atomic E-state index is -1.25. The molecule has 2 aromatic carbocycles. The molecule has 9 nitrogen and oxygen atoms in total. The van der Waals surface area contributed by atoms with E-state index < -0.39 is 5.54 Å². The highest BCUT2D eigenvalue weighted by atomic mass is 35.5. The Kier molecular flexibility index (Phi) is 5.79. The zero-order chi connectivity index (χ0) is 27.6. The molecule has 1 amide bonds. The Morgan fingerprint density at radius 3 is 2.62 bits per heavy atom. The van der Waals surface area contributed by atoms with E-state index in [1.54, 1.807) is 12.1 Å². The summed E-state index contributed by atoms with van der Waals surface area (Å²) in [6.45, 7) is 6.39. The minimum Gasteiger partial charge on any atom is -0.480 e. The summed E-state index contributed by atoms with van der Waals surface area (Å²) in [7, 11) is 1.49. The van der Waals surface area contributed by atoms with Gasteiger partial charge in [0.15, 0.2) is 5.54 Å². The van der Waals surface area contributed by atoms with E-state index >= 15 is 0 Å². The van der Waals surface area contributed by atoms with Crippen LogP contribution >= 0.6 is 23.2 Å². The summed E-state index contributed by atoms with van der Waals surface area (Å²) >= 11 is 12.8. The smallest absolute Gasteiger partial charge is 0.261 e. The number of hydrogen-bond donors (Lipinski definition) is 1. The zero-order valence-corrected chi connectivity index (χ0v) is 23.1. The van der Waals surface area contributed by atoms with Gasteiger partial charge in [-0.3, -0.25) is 4.79 Å². The Morgan fingerprint density at radius 1 is 1.15 bits per heavy atom. The largest absolute Gasteiger partial charge is 0.480 e. The van der Waals surface area contributed by atoms with Gasteiger partial charge in [0.25, 0.3) is 5.91 Å². The van der Waals surface area contributed by atoms with Gasteiger partial charge in [0, 0.05) is 39.2 Å². The maximum atomic E-state index is 14.3. The Bertz CT molecular complexity index is 1730. The lowest BCUT2D eigenvalue weighted by Crippen LogP contribution is -2.49. The van der Waals surface area contributed by atoms with Crippen LogP contribution in [-0.2, 0) is 16.9 Å². The van der Waals surface area contributed by atoms with Crippen molar-refractivity contribution < 1.29 is 9.53 Å². The van der Waals surface area contributed by atoms with Crippen molar-refractivity contribution in [3.8, 4) is 23.3 Å². The fourth-order valence-corrected chi connectivity index (χ4v) is 6.04. The molecule has 2 aliphatic rings. The van der Waals surface area contributed by atoms with E-state index in [0.29, 0.717) is 33.7 Å². The predicted molar refractivity (Wildman–Crippen MR) is 148 cm³/mol. The molecule has 2 aromatic heterocycles. The van der Waals surface area contributed by atoms with Crippen molar-refractivity contribution in [2.45, 2.75) is 38.9 Å². The highest BCUT2D eigenvalue weighted by Gasteiger charge is 2.60. The van der Waals surface area contributed by atoms with E-state index in [9.17, 15) is 10.1 Å². The van der Waals surface area contributed by atoms with Crippen molar-refractivity contribution in [3.63, 3.8) is 0 Å². The number of rotatable bonds is 4. The Balaban J connectivity index is 1.69. The number of benzene rings is 2. The molecule has 0 aliphatic carbocycles. The van der Waals surface area contributed by atoms with Crippen LogP contribution in [0.25, 0.3) is 11.4 Å². The van der Waals surface area contributed by atoms with Gasteiger partial charge in [0.1, 0.15) is 11.9 Å². The van der Waals surface area contributed by atoms with Gasteiger partial charge in [-0.25, -0.2) is 9.97 Å². The Hall–Kier alpha value is -4.13. The summed E-state index contributed by atoms with van der Waals surface area (Å²) in [5, 5.41) is 13.5. The van der Waals surface area contributed by atoms with Crippen LogP contribution in [0.2, 0.25) is 10.0 Å². The molecule has 11 heteroatoms. The zero-order valence-electron chi connectivity index (χ0n) is 21.6. The summed E-state index contributed by atoms with van der Waals surface area (Å²) in [5.41, 5.74) is 3.94. The topological polar surface area (TPSA) is 109 Å². The molecular formula is C28H23Cl2N7O2. The number of fused-ring (bicyclic) bond motifs is 4. The maximum absolute atomic E-state index is 14.3. The summed E-state index contributed by atoms with van der Waals surface area (Å²) in [4.78, 5) is 29.8. The number of carbonyl (C=O) groups excluding carboxylic acids is 1. The summed E-state index contributed by atoms with van der Waals surface area (Å²) in [5.74, 6) is 0.556. The van der Waals surface area contributed by atoms with Crippen molar-refractivity contribution in [3.05, 3.63) is 81.0 Å². The number of imidazole rings is 1. The number of aryl methyl sites for hydroxylation is 1. The van der Waals surface area contributed by atoms with Crippen molar-refractivity contribution >= 4 is 40.5 Å². The summed E-state index contributed by atoms with van der Waals surface area (Å²) in [6.07, 6.45) is 1.54. The first-order chi connectivity index (χ1) is 18.7. The molecule has 0 saturated carbocycles. The third-order valence-electron chi connectivity index (χ3n) is 7.25. The van der Waals surface area contributed by atoms with Crippen LogP contribution in [0.1, 0.15) is 48.2 Å². The quantitative estimate of drug-likeness (QED) is 0.345. The SMILES string of the molecule is COc1nc(C#N)ncc1-c1nc2c(n1C(C)C)C1(C(=O)Nc3cc(Cl)ccc31)N(c1cc(Cl)ccc1C)C2. The highest BCUT2D eigenvalue weighted by molar-refractivity contribution is 6.31. The van der Waals surface area contributed by atoms with Gasteiger partial charge in [-0.1, -0.05) is 35.3 Å². The van der Waals surface area contributed by atoms with Gasteiger partial charge in [0.05, 0.1) is 30.6 Å². The number of methoxy groups -OCH3 is 1. The van der Waals surface area contributed by atoms with E-state index in [1.165, 1.54) is 13.3 Å². The number of amides is 1. The van der Waals surface area contributed by atoms with Crippen LogP contribution in [0.15, 0.2) is 42.6 Å². The van der Waals surface area contributed by atoms with Crippen molar-refractivity contribution in [1.29, 1.82) is 5.26 Å². The van der Waals surface area contributed by atoms with Gasteiger partial charge in [-0.15, -0.1) is 0 Å². The number of anilines is 2. The van der Waals surface area contributed by atoms with Crippen LogP contribution in [0.5, 0.6) is 5.88 Å². The lowest BCUT2D eigenvalue weighted by atomic mass is 9.86. The molecule has 1 N–H and O–H groups in total. The molecule has 4 aromatic rings. The first kappa shape index (κ1) is 25.2. The van der Waals surface area contributed by atoms with Crippen LogP contribution in [0.4, 0.5) is 11.4 Å². The van der Waals surface area contributed by atoms with Gasteiger partial charge in [-0.05, 0) is 50.6 Å². The van der Waals surface area contributed by atoms with Gasteiger partial charge < -0.3 is 19.5 Å². The lowest BCUT2D eigenvalue weighted by Gasteiger charge is -2.38. The van der Waals surface area contributed by atoms with Crippen LogP contribution < -0.4 is 15.0 Å². The van der Waals surface area contributed by atoms with Crippen LogP contribution in [0, 0.1) is 18.3 Å².